The number of nitrogen functional groups attached to an aromatic ring is 1. The molecule has 0 spiro atoms. The van der Waals surface area contributed by atoms with Crippen molar-refractivity contribution in [2.45, 2.75) is 18.0 Å². The predicted octanol–water partition coefficient (Wildman–Crippen LogP) is -2.56. The minimum absolute atomic E-state index is 0.0121. The highest BCUT2D eigenvalue weighted by Gasteiger charge is 2.53. The summed E-state index contributed by atoms with van der Waals surface area (Å²) < 4.78 is 7.37. The summed E-state index contributed by atoms with van der Waals surface area (Å²) in [5.74, 6) is -4.53. The van der Waals surface area contributed by atoms with Crippen molar-refractivity contribution in [1.29, 1.82) is 5.26 Å². The van der Waals surface area contributed by atoms with E-state index in [1.54, 1.807) is 39.7 Å². The molecule has 0 aromatic carbocycles. The lowest BCUT2D eigenvalue weighted by Gasteiger charge is -2.50. The molecule has 0 radical (unpaired) electrons. The van der Waals surface area contributed by atoms with Crippen LogP contribution in [0.1, 0.15) is 11.4 Å². The van der Waals surface area contributed by atoms with Crippen molar-refractivity contribution in [2.75, 3.05) is 18.1 Å². The minimum Gasteiger partial charge on any atom is -0.543 e. The van der Waals surface area contributed by atoms with Gasteiger partial charge < -0.3 is 30.9 Å². The number of aromatic nitrogens is 4. The number of rotatable bonds is 9. The summed E-state index contributed by atoms with van der Waals surface area (Å²) >= 11 is 2.01. The first-order chi connectivity index (χ1) is 19.2. The molecule has 0 unspecified atom stereocenters. The van der Waals surface area contributed by atoms with Gasteiger partial charge in [0.15, 0.2) is 5.13 Å². The third-order valence-electron chi connectivity index (χ3n) is 5.89. The highest BCUT2D eigenvalue weighted by Crippen LogP contribution is 2.40. The van der Waals surface area contributed by atoms with Crippen LogP contribution >= 0.6 is 23.3 Å². The molecule has 1 saturated heterocycles. The van der Waals surface area contributed by atoms with E-state index in [2.05, 4.69) is 30.7 Å². The van der Waals surface area contributed by atoms with Crippen LogP contribution in [0.3, 0.4) is 0 Å². The Hall–Kier alpha value is -5.02. The highest BCUT2D eigenvalue weighted by atomic mass is 32.2. The third-order valence-corrected chi connectivity index (χ3v) is 7.77. The Labute approximate surface area is 232 Å². The number of oxime groups is 1. The molecule has 5 heterocycles. The van der Waals surface area contributed by atoms with Gasteiger partial charge in [0.1, 0.15) is 42.6 Å². The quantitative estimate of drug-likeness (QED) is 0.102. The van der Waals surface area contributed by atoms with Gasteiger partial charge in [0.05, 0.1) is 17.2 Å². The number of nitriles is 1. The number of aliphatic carboxylic acids is 2. The number of hydrogen-bond acceptors (Lipinski definition) is 13. The lowest BCUT2D eigenvalue weighted by Crippen LogP contribution is -2.71. The second-order valence-corrected chi connectivity index (χ2v) is 10.3. The van der Waals surface area contributed by atoms with Crippen LogP contribution in [-0.2, 0) is 30.6 Å². The fourth-order valence-electron chi connectivity index (χ4n) is 4.18. The van der Waals surface area contributed by atoms with E-state index in [1.165, 1.54) is 11.8 Å². The number of nitrogens with two attached hydrogens (primary N) is 1. The largest absolute Gasteiger partial charge is 0.543 e. The fraction of sp³-hybridized carbons (Fsp3) is 0.227. The Morgan fingerprint density at radius 3 is 2.88 bits per heavy atom. The SMILES string of the molecule is N#Cc1ccc2n(cc[n+]2CC2=C(C(=O)[O-])N3C(=O)[C@@H](NC(=O)/C(=N\OCC(=O)O)c4nsc(N)n4)[C@H]3SC2)c1. The number of thioether (sulfide) groups is 1. The van der Waals surface area contributed by atoms with Gasteiger partial charge in [-0.15, -0.1) is 11.8 Å². The summed E-state index contributed by atoms with van der Waals surface area (Å²) in [5.41, 5.74) is 6.35. The summed E-state index contributed by atoms with van der Waals surface area (Å²) in [7, 11) is 0. The molecule has 40 heavy (non-hydrogen) atoms. The van der Waals surface area contributed by atoms with Crippen molar-refractivity contribution in [3.05, 3.63) is 53.4 Å². The van der Waals surface area contributed by atoms with Crippen LogP contribution in [0.4, 0.5) is 5.13 Å². The number of hydrogen-bond donors (Lipinski definition) is 3. The van der Waals surface area contributed by atoms with Crippen LogP contribution in [0.15, 0.2) is 47.1 Å². The second-order valence-electron chi connectivity index (χ2n) is 8.38. The topological polar surface area (TPSA) is 232 Å². The minimum atomic E-state index is -1.54. The summed E-state index contributed by atoms with van der Waals surface area (Å²) in [6.07, 6.45) is 5.08. The fourth-order valence-corrected chi connectivity index (χ4v) is 5.95. The average molecular weight is 584 g/mol. The van der Waals surface area contributed by atoms with Crippen molar-refractivity contribution >= 4 is 63.5 Å². The van der Waals surface area contributed by atoms with Gasteiger partial charge in [-0.2, -0.15) is 14.6 Å². The van der Waals surface area contributed by atoms with Crippen molar-refractivity contribution in [3.8, 4) is 6.07 Å². The van der Waals surface area contributed by atoms with E-state index >= 15 is 0 Å². The number of nitrogens with zero attached hydrogens (tertiary/aromatic N) is 7. The number of fused-ring (bicyclic) bond motifs is 2. The maximum atomic E-state index is 13.1. The Bertz CT molecular complexity index is 1670. The number of pyridine rings is 1. The normalized spacial score (nSPS) is 18.6. The lowest BCUT2D eigenvalue weighted by molar-refractivity contribution is -0.662. The summed E-state index contributed by atoms with van der Waals surface area (Å²) in [6, 6.07) is 4.29. The van der Waals surface area contributed by atoms with Crippen LogP contribution < -0.4 is 20.7 Å². The molecule has 5 rings (SSSR count). The van der Waals surface area contributed by atoms with Crippen molar-refractivity contribution in [2.24, 2.45) is 5.16 Å². The van der Waals surface area contributed by atoms with E-state index < -0.39 is 47.5 Å². The molecular weight excluding hydrogens is 566 g/mol. The van der Waals surface area contributed by atoms with Gasteiger partial charge >= 0.3 is 5.97 Å². The van der Waals surface area contributed by atoms with Gasteiger partial charge in [-0.1, -0.05) is 5.16 Å². The second kappa shape index (κ2) is 10.6. The monoisotopic (exact) mass is 583 g/mol. The van der Waals surface area contributed by atoms with E-state index in [1.807, 2.05) is 0 Å². The summed E-state index contributed by atoms with van der Waals surface area (Å²) in [5, 5.41) is 35.3. The zero-order chi connectivity index (χ0) is 28.6. The van der Waals surface area contributed by atoms with Gasteiger partial charge in [-0.25, -0.2) is 13.8 Å². The number of carboxylic acid groups (broad SMARTS) is 2. The Kier molecular flexibility index (Phi) is 7.06. The first kappa shape index (κ1) is 26.6. The van der Waals surface area contributed by atoms with E-state index in [-0.39, 0.29) is 29.0 Å². The molecular formula is C22H17N9O7S2. The standard InChI is InChI=1S/C22H17N9O7S2/c23-5-10-1-2-12-29(6-10)3-4-30(12)7-11-9-39-20-15(19(35)31(20)16(11)21(36)37)25-18(34)14(27-38-8-13(32)33)17-26-22(24)40-28-17/h1-4,6,15,20H,7-9H2,(H4-,24,25,26,28,32,33,34,36,37)/b27-14-/t15-,20-/m1/s1. The third kappa shape index (κ3) is 4.90. The number of nitrogens with one attached hydrogen (secondary N) is 1. The van der Waals surface area contributed by atoms with Gasteiger partial charge in [-0.3, -0.25) is 14.5 Å². The average Bonchev–Trinajstić information content (AvgIpc) is 3.54. The lowest BCUT2D eigenvalue weighted by atomic mass is 10.0. The Morgan fingerprint density at radius 1 is 1.40 bits per heavy atom. The van der Waals surface area contributed by atoms with E-state index in [9.17, 15) is 24.3 Å². The summed E-state index contributed by atoms with van der Waals surface area (Å²) in [6.45, 7) is -0.705. The number of anilines is 1. The predicted molar refractivity (Wildman–Crippen MR) is 134 cm³/mol. The molecule has 2 amide bonds. The number of carbonyl (C=O) groups is 4. The molecule has 4 N–H and O–H groups in total. The number of imidazole rings is 1. The summed E-state index contributed by atoms with van der Waals surface area (Å²) in [4.78, 5) is 58.5. The highest BCUT2D eigenvalue weighted by molar-refractivity contribution is 8.00. The van der Waals surface area contributed by atoms with Crippen LogP contribution in [0.5, 0.6) is 0 Å². The molecule has 16 nitrogen and oxygen atoms in total. The van der Waals surface area contributed by atoms with E-state index in [0.29, 0.717) is 16.8 Å². The Morgan fingerprint density at radius 2 is 2.20 bits per heavy atom. The van der Waals surface area contributed by atoms with Gasteiger partial charge in [0.2, 0.25) is 18.1 Å². The van der Waals surface area contributed by atoms with Gasteiger partial charge in [-0.05, 0) is 6.07 Å². The molecule has 0 aliphatic carbocycles. The molecule has 18 heteroatoms. The number of β-lactam (4-membered cyclic amide) rings is 1. The number of carboxylic acids is 2. The van der Waals surface area contributed by atoms with E-state index in [0.717, 1.165) is 16.4 Å². The maximum absolute atomic E-state index is 13.1. The van der Waals surface area contributed by atoms with Crippen LogP contribution in [0, 0.1) is 11.3 Å². The van der Waals surface area contributed by atoms with Crippen molar-refractivity contribution in [1.82, 2.24) is 24.0 Å². The van der Waals surface area contributed by atoms with Gasteiger partial charge in [0, 0.05) is 28.9 Å². The molecule has 204 valence electrons. The molecule has 3 aromatic heterocycles. The smallest absolute Gasteiger partial charge is 0.344 e. The van der Waals surface area contributed by atoms with Crippen LogP contribution in [-0.4, -0.2) is 77.0 Å². The zero-order valence-corrected chi connectivity index (χ0v) is 21.7. The number of carbonyl (C=O) groups excluding carboxylic acids is 3. The molecule has 3 aromatic rings. The first-order valence-corrected chi connectivity index (χ1v) is 13.1. The molecule has 2 atom stereocenters. The zero-order valence-electron chi connectivity index (χ0n) is 20.1. The van der Waals surface area contributed by atoms with Gasteiger partial charge in [0.25, 0.3) is 17.5 Å². The molecule has 2 aliphatic rings. The molecule has 2 aliphatic heterocycles. The van der Waals surface area contributed by atoms with Crippen molar-refractivity contribution < 1.29 is 38.8 Å². The van der Waals surface area contributed by atoms with Crippen LogP contribution in [0.2, 0.25) is 0 Å². The molecule has 0 bridgehead atoms. The van der Waals surface area contributed by atoms with Crippen molar-refractivity contribution in [3.63, 3.8) is 0 Å². The number of amides is 2. The molecule has 0 saturated carbocycles. The first-order valence-electron chi connectivity index (χ1n) is 11.3. The molecule has 1 fully saturated rings. The maximum Gasteiger partial charge on any atom is 0.344 e. The van der Waals surface area contributed by atoms with E-state index in [4.69, 9.17) is 16.1 Å². The Balaban J connectivity index is 1.36. The van der Waals surface area contributed by atoms with Crippen LogP contribution in [0.25, 0.3) is 5.65 Å².